The van der Waals surface area contributed by atoms with Gasteiger partial charge in [-0.2, -0.15) is 0 Å². The van der Waals surface area contributed by atoms with Crippen LogP contribution in [0.4, 0.5) is 0 Å². The average molecular weight is 453 g/mol. The van der Waals surface area contributed by atoms with Crippen LogP contribution < -0.4 is 0 Å². The number of quaternary nitrogens is 1. The largest absolute Gasteiger partial charge is 0.472 e. The zero-order valence-corrected chi connectivity index (χ0v) is 21.0. The van der Waals surface area contributed by atoms with Crippen LogP contribution in [0.15, 0.2) is 0 Å². The molecule has 0 bridgehead atoms. The molecule has 0 aliphatic rings. The number of likely N-dealkylation sites (N-methyl/N-ethyl adjacent to an activating group) is 1. The Morgan fingerprint density at radius 1 is 0.900 bits per heavy atom. The molecule has 0 spiro atoms. The third kappa shape index (κ3) is 20.8. The Bertz CT molecular complexity index is 481. The zero-order valence-electron chi connectivity index (χ0n) is 20.1. The van der Waals surface area contributed by atoms with Gasteiger partial charge in [-0.1, -0.05) is 71.1 Å². The number of carbonyl (C=O) groups is 1. The van der Waals surface area contributed by atoms with Crippen LogP contribution in [0.1, 0.15) is 84.5 Å². The van der Waals surface area contributed by atoms with Crippen molar-refractivity contribution < 1.29 is 32.5 Å². The predicted molar refractivity (Wildman–Crippen MR) is 121 cm³/mol. The van der Waals surface area contributed by atoms with Gasteiger partial charge in [0.25, 0.3) is 0 Å². The molecular formula is C22H47NO6P+. The number of rotatable bonds is 20. The standard InChI is InChI=1S/C22H46NO6P/c1-6-7-8-9-10-11-12-13-14-15-16-22(19-27-21(2)24)20-29-30(25,26)28-18-17-23(3,4)5/h22H,6-20H2,1-5H3/p+1. The van der Waals surface area contributed by atoms with Crippen LogP contribution in [-0.2, 0) is 23.1 Å². The van der Waals surface area contributed by atoms with Crippen molar-refractivity contribution in [1.29, 1.82) is 0 Å². The molecule has 0 amide bonds. The summed E-state index contributed by atoms with van der Waals surface area (Å²) in [7, 11) is 1.84. The van der Waals surface area contributed by atoms with Gasteiger partial charge in [-0.3, -0.25) is 13.8 Å². The minimum atomic E-state index is -4.10. The number of carbonyl (C=O) groups excluding carboxylic acids is 1. The number of nitrogens with zero attached hydrogens (tertiary/aromatic N) is 1. The van der Waals surface area contributed by atoms with Gasteiger partial charge in [0.15, 0.2) is 0 Å². The molecule has 0 aliphatic heterocycles. The number of phosphoric acid groups is 1. The molecular weight excluding hydrogens is 405 g/mol. The lowest BCUT2D eigenvalue weighted by Gasteiger charge is -2.24. The Morgan fingerprint density at radius 2 is 1.43 bits per heavy atom. The normalized spacial score (nSPS) is 15.0. The highest BCUT2D eigenvalue weighted by molar-refractivity contribution is 7.47. The predicted octanol–water partition coefficient (Wildman–Crippen LogP) is 5.32. The second-order valence-corrected chi connectivity index (χ2v) is 10.7. The van der Waals surface area contributed by atoms with Gasteiger partial charge in [0.2, 0.25) is 0 Å². The highest BCUT2D eigenvalue weighted by Gasteiger charge is 2.25. The lowest BCUT2D eigenvalue weighted by Crippen LogP contribution is -2.37. The summed E-state index contributed by atoms with van der Waals surface area (Å²) in [5.41, 5.74) is 0. The molecule has 0 saturated heterocycles. The molecule has 0 saturated carbocycles. The first-order chi connectivity index (χ1) is 14.1. The first-order valence-corrected chi connectivity index (χ1v) is 13.1. The van der Waals surface area contributed by atoms with E-state index in [1.165, 1.54) is 58.3 Å². The molecule has 0 aromatic heterocycles. The van der Waals surface area contributed by atoms with Gasteiger partial charge in [-0.05, 0) is 6.42 Å². The van der Waals surface area contributed by atoms with Crippen molar-refractivity contribution in [3.8, 4) is 0 Å². The molecule has 2 unspecified atom stereocenters. The van der Waals surface area contributed by atoms with Crippen molar-refractivity contribution in [2.24, 2.45) is 5.92 Å². The van der Waals surface area contributed by atoms with E-state index in [-0.39, 0.29) is 31.7 Å². The molecule has 1 N–H and O–H groups in total. The number of esters is 1. The second kappa shape index (κ2) is 17.1. The third-order valence-electron chi connectivity index (χ3n) is 4.98. The maximum absolute atomic E-state index is 12.1. The van der Waals surface area contributed by atoms with E-state index in [4.69, 9.17) is 13.8 Å². The number of ether oxygens (including phenoxy) is 1. The third-order valence-corrected chi connectivity index (χ3v) is 5.96. The van der Waals surface area contributed by atoms with E-state index >= 15 is 0 Å². The minimum Gasteiger partial charge on any atom is -0.465 e. The first kappa shape index (κ1) is 29.5. The van der Waals surface area contributed by atoms with Gasteiger partial charge in [0.05, 0.1) is 34.4 Å². The fourth-order valence-corrected chi connectivity index (χ4v) is 3.82. The first-order valence-electron chi connectivity index (χ1n) is 11.6. The van der Waals surface area contributed by atoms with Crippen molar-refractivity contribution in [2.45, 2.75) is 84.5 Å². The number of unbranched alkanes of at least 4 members (excludes halogenated alkanes) is 9. The molecule has 0 aromatic carbocycles. The molecule has 0 heterocycles. The molecule has 0 aliphatic carbocycles. The van der Waals surface area contributed by atoms with E-state index < -0.39 is 7.82 Å². The molecule has 30 heavy (non-hydrogen) atoms. The van der Waals surface area contributed by atoms with Crippen LogP contribution in [0.2, 0.25) is 0 Å². The quantitative estimate of drug-likeness (QED) is 0.117. The van der Waals surface area contributed by atoms with Crippen LogP contribution in [-0.4, -0.2) is 62.9 Å². The van der Waals surface area contributed by atoms with Crippen LogP contribution in [0.3, 0.4) is 0 Å². The highest BCUT2D eigenvalue weighted by atomic mass is 31.2. The molecule has 0 aromatic rings. The van der Waals surface area contributed by atoms with E-state index in [1.807, 2.05) is 21.1 Å². The lowest BCUT2D eigenvalue weighted by molar-refractivity contribution is -0.870. The Kier molecular flexibility index (Phi) is 16.9. The maximum Gasteiger partial charge on any atom is 0.472 e. The summed E-state index contributed by atoms with van der Waals surface area (Å²) in [6.45, 7) is 4.59. The molecule has 0 rings (SSSR count). The summed E-state index contributed by atoms with van der Waals surface area (Å²) in [4.78, 5) is 21.0. The summed E-state index contributed by atoms with van der Waals surface area (Å²) in [5.74, 6) is -0.458. The van der Waals surface area contributed by atoms with Crippen LogP contribution in [0.25, 0.3) is 0 Å². The number of hydrogen-bond acceptors (Lipinski definition) is 5. The monoisotopic (exact) mass is 452 g/mol. The molecule has 180 valence electrons. The Balaban J connectivity index is 4.10. The second-order valence-electron chi connectivity index (χ2n) is 9.25. The van der Waals surface area contributed by atoms with Gasteiger partial charge >= 0.3 is 13.8 Å². The summed E-state index contributed by atoms with van der Waals surface area (Å²) >= 11 is 0. The molecule has 2 atom stereocenters. The van der Waals surface area contributed by atoms with Gasteiger partial charge in [0.1, 0.15) is 13.2 Å². The Hall–Kier alpha value is -0.460. The number of hydrogen-bond donors (Lipinski definition) is 1. The summed E-state index contributed by atoms with van der Waals surface area (Å²) in [6.07, 6.45) is 13.3. The Labute approximate surface area is 184 Å². The van der Waals surface area contributed by atoms with Crippen LogP contribution >= 0.6 is 7.82 Å². The average Bonchev–Trinajstić information content (AvgIpc) is 2.63. The van der Waals surface area contributed by atoms with E-state index in [0.29, 0.717) is 11.0 Å². The highest BCUT2D eigenvalue weighted by Crippen LogP contribution is 2.43. The van der Waals surface area contributed by atoms with Gasteiger partial charge in [0, 0.05) is 12.8 Å². The molecule has 8 heteroatoms. The van der Waals surface area contributed by atoms with Crippen molar-refractivity contribution in [2.75, 3.05) is 47.5 Å². The van der Waals surface area contributed by atoms with Crippen molar-refractivity contribution in [3.63, 3.8) is 0 Å². The van der Waals surface area contributed by atoms with Gasteiger partial charge in [-0.15, -0.1) is 0 Å². The minimum absolute atomic E-state index is 0.0445. The van der Waals surface area contributed by atoms with E-state index in [9.17, 15) is 14.3 Å². The molecule has 0 fully saturated rings. The van der Waals surface area contributed by atoms with Gasteiger partial charge in [-0.25, -0.2) is 4.57 Å². The summed E-state index contributed by atoms with van der Waals surface area (Å²) in [5, 5.41) is 0. The zero-order chi connectivity index (χ0) is 22.9. The van der Waals surface area contributed by atoms with Crippen LogP contribution in [0, 0.1) is 5.92 Å². The van der Waals surface area contributed by atoms with E-state index in [1.54, 1.807) is 0 Å². The Morgan fingerprint density at radius 3 is 1.93 bits per heavy atom. The smallest absolute Gasteiger partial charge is 0.465 e. The molecule has 0 radical (unpaired) electrons. The van der Waals surface area contributed by atoms with Crippen molar-refractivity contribution in [3.05, 3.63) is 0 Å². The topological polar surface area (TPSA) is 82.1 Å². The van der Waals surface area contributed by atoms with Crippen molar-refractivity contribution in [1.82, 2.24) is 0 Å². The fraction of sp³-hybridized carbons (Fsp3) is 0.955. The van der Waals surface area contributed by atoms with Crippen molar-refractivity contribution >= 4 is 13.8 Å². The summed E-state index contributed by atoms with van der Waals surface area (Å²) < 4.78 is 28.0. The van der Waals surface area contributed by atoms with Gasteiger partial charge < -0.3 is 14.1 Å². The number of phosphoric ester groups is 1. The molecule has 7 nitrogen and oxygen atoms in total. The lowest BCUT2D eigenvalue weighted by atomic mass is 10.0. The van der Waals surface area contributed by atoms with Crippen LogP contribution in [0.5, 0.6) is 0 Å². The SMILES string of the molecule is CCCCCCCCCCCCC(COC(C)=O)COP(=O)(O)OCC[N+](C)(C)C. The summed E-state index contributed by atoms with van der Waals surface area (Å²) in [6, 6.07) is 0. The maximum atomic E-state index is 12.1. The fourth-order valence-electron chi connectivity index (χ4n) is 3.04. The van der Waals surface area contributed by atoms with E-state index in [0.717, 1.165) is 19.3 Å². The van der Waals surface area contributed by atoms with E-state index in [2.05, 4.69) is 6.92 Å².